The highest BCUT2D eigenvalue weighted by Gasteiger charge is 2.34. The molecule has 1 aliphatic rings. The van der Waals surface area contributed by atoms with Gasteiger partial charge in [-0.15, -0.1) is 0 Å². The minimum absolute atomic E-state index is 0.0385. The normalized spacial score (nSPS) is 20.4. The Bertz CT molecular complexity index is 459. The van der Waals surface area contributed by atoms with Gasteiger partial charge in [0.2, 0.25) is 11.8 Å². The minimum atomic E-state index is -0.578. The zero-order chi connectivity index (χ0) is 13.8. The summed E-state index contributed by atoms with van der Waals surface area (Å²) in [7, 11) is 0. The molecule has 2 amide bonds. The predicted octanol–water partition coefficient (Wildman–Crippen LogP) is 0.536. The van der Waals surface area contributed by atoms with Crippen molar-refractivity contribution in [3.63, 3.8) is 0 Å². The van der Waals surface area contributed by atoms with Crippen LogP contribution in [-0.4, -0.2) is 36.1 Å². The van der Waals surface area contributed by atoms with Crippen molar-refractivity contribution >= 4 is 17.5 Å². The van der Waals surface area contributed by atoms with Crippen LogP contribution in [0.4, 0.5) is 5.69 Å². The molecule has 5 heteroatoms. The van der Waals surface area contributed by atoms with E-state index in [9.17, 15) is 9.59 Å². The van der Waals surface area contributed by atoms with Gasteiger partial charge in [0.25, 0.3) is 0 Å². The lowest BCUT2D eigenvalue weighted by Gasteiger charge is -2.16. The number of hydrogen-bond acceptors (Lipinski definition) is 3. The Hall–Kier alpha value is -1.88. The highest BCUT2D eigenvalue weighted by molar-refractivity contribution is 6.00. The maximum absolute atomic E-state index is 11.9. The van der Waals surface area contributed by atoms with E-state index in [2.05, 4.69) is 5.32 Å². The number of nitrogens with one attached hydrogen (secondary N) is 1. The summed E-state index contributed by atoms with van der Waals surface area (Å²) in [4.78, 5) is 25.4. The number of benzene rings is 1. The van der Waals surface area contributed by atoms with E-state index >= 15 is 0 Å². The maximum Gasteiger partial charge on any atom is 0.227 e. The van der Waals surface area contributed by atoms with E-state index in [0.29, 0.717) is 6.54 Å². The first-order valence-corrected chi connectivity index (χ1v) is 6.39. The molecule has 1 aliphatic heterocycles. The molecule has 0 bridgehead atoms. The monoisotopic (exact) mass is 262 g/mol. The van der Waals surface area contributed by atoms with Crippen molar-refractivity contribution in [3.8, 4) is 0 Å². The Labute approximate surface area is 112 Å². The quantitative estimate of drug-likeness (QED) is 0.832. The fourth-order valence-corrected chi connectivity index (χ4v) is 2.13. The van der Waals surface area contributed by atoms with E-state index < -0.39 is 6.10 Å². The first-order valence-electron chi connectivity index (χ1n) is 6.39. The summed E-state index contributed by atoms with van der Waals surface area (Å²) in [5.74, 6) is -0.553. The highest BCUT2D eigenvalue weighted by Crippen LogP contribution is 2.24. The Kier molecular flexibility index (Phi) is 4.16. The van der Waals surface area contributed by atoms with Crippen LogP contribution < -0.4 is 10.2 Å². The number of para-hydroxylation sites is 1. The van der Waals surface area contributed by atoms with Gasteiger partial charge in [-0.25, -0.2) is 0 Å². The summed E-state index contributed by atoms with van der Waals surface area (Å²) in [5.41, 5.74) is 0.818. The van der Waals surface area contributed by atoms with Gasteiger partial charge < -0.3 is 15.3 Å². The van der Waals surface area contributed by atoms with Gasteiger partial charge in [-0.2, -0.15) is 0 Å². The van der Waals surface area contributed by atoms with Crippen LogP contribution in [0.2, 0.25) is 0 Å². The molecule has 1 heterocycles. The van der Waals surface area contributed by atoms with Crippen LogP contribution >= 0.6 is 0 Å². The molecule has 1 saturated heterocycles. The van der Waals surface area contributed by atoms with Gasteiger partial charge in [0.1, 0.15) is 0 Å². The molecule has 0 saturated carbocycles. The Morgan fingerprint density at radius 3 is 2.79 bits per heavy atom. The van der Waals surface area contributed by atoms with Crippen molar-refractivity contribution < 1.29 is 14.7 Å². The number of rotatable bonds is 4. The zero-order valence-electron chi connectivity index (χ0n) is 10.9. The van der Waals surface area contributed by atoms with Gasteiger partial charge in [-0.1, -0.05) is 18.2 Å². The molecule has 5 nitrogen and oxygen atoms in total. The number of aliphatic hydroxyl groups excluding tert-OH is 1. The summed E-state index contributed by atoms with van der Waals surface area (Å²) in [5, 5.41) is 11.8. The van der Waals surface area contributed by atoms with Crippen molar-refractivity contribution in [2.75, 3.05) is 18.0 Å². The molecular weight excluding hydrogens is 244 g/mol. The molecule has 0 unspecified atom stereocenters. The van der Waals surface area contributed by atoms with Crippen LogP contribution in [0.15, 0.2) is 30.3 Å². The first kappa shape index (κ1) is 13.5. The molecule has 0 aromatic heterocycles. The summed E-state index contributed by atoms with van der Waals surface area (Å²) in [6, 6.07) is 9.33. The SMILES string of the molecule is C[C@@H](O)CNC(=O)[C@H]1CC(=O)N(c2ccccc2)C1. The van der Waals surface area contributed by atoms with E-state index in [1.54, 1.807) is 11.8 Å². The summed E-state index contributed by atoms with van der Waals surface area (Å²) < 4.78 is 0. The standard InChI is InChI=1S/C14H18N2O3/c1-10(17)8-15-14(19)11-7-13(18)16(9-11)12-5-3-2-4-6-12/h2-6,10-11,17H,7-9H2,1H3,(H,15,19)/t10-,11+/m1/s1. The van der Waals surface area contributed by atoms with Crippen molar-refractivity contribution in [2.45, 2.75) is 19.4 Å². The molecule has 2 rings (SSSR count). The van der Waals surface area contributed by atoms with Gasteiger partial charge in [-0.3, -0.25) is 9.59 Å². The lowest BCUT2D eigenvalue weighted by atomic mass is 10.1. The van der Waals surface area contributed by atoms with E-state index in [1.807, 2.05) is 30.3 Å². The van der Waals surface area contributed by atoms with E-state index in [-0.39, 0.29) is 30.7 Å². The fraction of sp³-hybridized carbons (Fsp3) is 0.429. The maximum atomic E-state index is 11.9. The number of anilines is 1. The Morgan fingerprint density at radius 1 is 1.47 bits per heavy atom. The lowest BCUT2D eigenvalue weighted by molar-refractivity contribution is -0.126. The largest absolute Gasteiger partial charge is 0.392 e. The third-order valence-corrected chi connectivity index (χ3v) is 3.14. The average molecular weight is 262 g/mol. The van der Waals surface area contributed by atoms with Crippen LogP contribution in [0.1, 0.15) is 13.3 Å². The van der Waals surface area contributed by atoms with Gasteiger partial charge in [0, 0.05) is 25.2 Å². The molecule has 0 aliphatic carbocycles. The van der Waals surface area contributed by atoms with Crippen LogP contribution in [0.3, 0.4) is 0 Å². The molecule has 1 aromatic rings. The molecular formula is C14H18N2O3. The van der Waals surface area contributed by atoms with Gasteiger partial charge in [-0.05, 0) is 19.1 Å². The second-order valence-corrected chi connectivity index (χ2v) is 4.84. The Balaban J connectivity index is 1.98. The molecule has 1 fully saturated rings. The first-order chi connectivity index (χ1) is 9.08. The van der Waals surface area contributed by atoms with E-state index in [1.165, 1.54) is 0 Å². The smallest absolute Gasteiger partial charge is 0.227 e. The topological polar surface area (TPSA) is 69.6 Å². The number of aliphatic hydroxyl groups is 1. The molecule has 102 valence electrons. The molecule has 2 atom stereocenters. The van der Waals surface area contributed by atoms with Crippen LogP contribution in [0.25, 0.3) is 0 Å². The highest BCUT2D eigenvalue weighted by atomic mass is 16.3. The van der Waals surface area contributed by atoms with Crippen molar-refractivity contribution in [3.05, 3.63) is 30.3 Å². The van der Waals surface area contributed by atoms with E-state index in [4.69, 9.17) is 5.11 Å². The number of carbonyl (C=O) groups is 2. The zero-order valence-corrected chi connectivity index (χ0v) is 10.9. The summed E-state index contributed by atoms with van der Waals surface area (Å²) in [6.45, 7) is 2.22. The van der Waals surface area contributed by atoms with Gasteiger partial charge in [0.15, 0.2) is 0 Å². The van der Waals surface area contributed by atoms with Crippen molar-refractivity contribution in [2.24, 2.45) is 5.92 Å². The van der Waals surface area contributed by atoms with Gasteiger partial charge >= 0.3 is 0 Å². The molecule has 19 heavy (non-hydrogen) atoms. The van der Waals surface area contributed by atoms with Crippen molar-refractivity contribution in [1.29, 1.82) is 0 Å². The van der Waals surface area contributed by atoms with Crippen LogP contribution in [-0.2, 0) is 9.59 Å². The second kappa shape index (κ2) is 5.84. The third-order valence-electron chi connectivity index (χ3n) is 3.14. The molecule has 1 aromatic carbocycles. The number of nitrogens with zero attached hydrogens (tertiary/aromatic N) is 1. The van der Waals surface area contributed by atoms with E-state index in [0.717, 1.165) is 5.69 Å². The van der Waals surface area contributed by atoms with Crippen molar-refractivity contribution in [1.82, 2.24) is 5.32 Å². The summed E-state index contributed by atoms with van der Waals surface area (Å²) in [6.07, 6.45) is -0.355. The fourth-order valence-electron chi connectivity index (χ4n) is 2.13. The number of hydrogen-bond donors (Lipinski definition) is 2. The number of carbonyl (C=O) groups excluding carboxylic acids is 2. The number of amides is 2. The Morgan fingerprint density at radius 2 is 2.16 bits per heavy atom. The predicted molar refractivity (Wildman–Crippen MR) is 71.6 cm³/mol. The lowest BCUT2D eigenvalue weighted by Crippen LogP contribution is -2.36. The van der Waals surface area contributed by atoms with Crippen LogP contribution in [0, 0.1) is 5.92 Å². The molecule has 0 radical (unpaired) electrons. The average Bonchev–Trinajstić information content (AvgIpc) is 2.79. The van der Waals surface area contributed by atoms with Crippen LogP contribution in [0.5, 0.6) is 0 Å². The summed E-state index contributed by atoms with van der Waals surface area (Å²) >= 11 is 0. The van der Waals surface area contributed by atoms with Gasteiger partial charge in [0.05, 0.1) is 12.0 Å². The molecule has 2 N–H and O–H groups in total. The third kappa shape index (κ3) is 3.32. The minimum Gasteiger partial charge on any atom is -0.392 e. The second-order valence-electron chi connectivity index (χ2n) is 4.84. The molecule has 0 spiro atoms.